The van der Waals surface area contributed by atoms with Gasteiger partial charge in [0.25, 0.3) is 5.91 Å². The molecule has 0 saturated carbocycles. The van der Waals surface area contributed by atoms with E-state index >= 15 is 0 Å². The molecular formula is C20H27N3O3. The molecule has 0 aromatic heterocycles. The van der Waals surface area contributed by atoms with Gasteiger partial charge in [0.05, 0.1) is 12.2 Å². The van der Waals surface area contributed by atoms with Gasteiger partial charge in [-0.05, 0) is 56.5 Å². The summed E-state index contributed by atoms with van der Waals surface area (Å²) in [4.78, 5) is 14.2. The second-order valence-corrected chi connectivity index (χ2v) is 7.05. The van der Waals surface area contributed by atoms with Crippen molar-refractivity contribution in [1.82, 2.24) is 10.2 Å². The predicted molar refractivity (Wildman–Crippen MR) is 97.5 cm³/mol. The first-order valence-corrected chi connectivity index (χ1v) is 9.45. The summed E-state index contributed by atoms with van der Waals surface area (Å²) in [5.74, 6) is 0.794. The van der Waals surface area contributed by atoms with Crippen molar-refractivity contribution in [3.63, 3.8) is 0 Å². The van der Waals surface area contributed by atoms with Crippen molar-refractivity contribution in [3.05, 3.63) is 29.8 Å². The maximum absolute atomic E-state index is 11.8. The average Bonchev–Trinajstić information content (AvgIpc) is 3.20. The Morgan fingerprint density at radius 2 is 2.04 bits per heavy atom. The van der Waals surface area contributed by atoms with E-state index in [1.165, 1.54) is 5.56 Å². The zero-order chi connectivity index (χ0) is 18.2. The number of carbonyl (C=O) groups excluding carboxylic acids is 1. The molecule has 0 bridgehead atoms. The van der Waals surface area contributed by atoms with Gasteiger partial charge in [-0.3, -0.25) is 9.69 Å². The van der Waals surface area contributed by atoms with Crippen LogP contribution in [0.15, 0.2) is 24.3 Å². The topological polar surface area (TPSA) is 74.6 Å². The molecule has 0 spiro atoms. The Hall–Kier alpha value is -2.10. The molecule has 1 aromatic rings. The Kier molecular flexibility index (Phi) is 6.87. The molecule has 3 rings (SSSR count). The number of nitrogens with zero attached hydrogens (tertiary/aromatic N) is 2. The quantitative estimate of drug-likeness (QED) is 0.809. The molecule has 0 aliphatic carbocycles. The lowest BCUT2D eigenvalue weighted by atomic mass is 9.98. The Balaban J connectivity index is 1.36. The van der Waals surface area contributed by atoms with Crippen LogP contribution in [0.3, 0.4) is 0 Å². The number of amides is 1. The number of nitrogens with one attached hydrogen (secondary N) is 1. The van der Waals surface area contributed by atoms with Crippen LogP contribution in [-0.2, 0) is 16.1 Å². The van der Waals surface area contributed by atoms with Gasteiger partial charge < -0.3 is 14.8 Å². The number of benzene rings is 1. The first kappa shape index (κ1) is 18.7. The first-order valence-electron chi connectivity index (χ1n) is 9.45. The van der Waals surface area contributed by atoms with Crippen LogP contribution in [0.1, 0.15) is 31.2 Å². The van der Waals surface area contributed by atoms with Crippen LogP contribution in [0.25, 0.3) is 0 Å². The van der Waals surface area contributed by atoms with E-state index < -0.39 is 0 Å². The smallest absolute Gasteiger partial charge is 0.258 e. The van der Waals surface area contributed by atoms with Gasteiger partial charge in [-0.1, -0.05) is 12.1 Å². The number of likely N-dealkylation sites (tertiary alicyclic amines) is 1. The number of hydrogen-bond acceptors (Lipinski definition) is 5. The summed E-state index contributed by atoms with van der Waals surface area (Å²) in [5.41, 5.74) is 1.22. The van der Waals surface area contributed by atoms with Gasteiger partial charge in [0.2, 0.25) is 0 Å². The average molecular weight is 357 g/mol. The van der Waals surface area contributed by atoms with Crippen LogP contribution in [-0.4, -0.2) is 49.8 Å². The minimum Gasteiger partial charge on any atom is -0.484 e. The molecule has 2 aliphatic heterocycles. The van der Waals surface area contributed by atoms with Gasteiger partial charge in [0.1, 0.15) is 5.75 Å². The third kappa shape index (κ3) is 5.72. The van der Waals surface area contributed by atoms with Crippen molar-refractivity contribution < 1.29 is 14.3 Å². The number of rotatable bonds is 7. The van der Waals surface area contributed by atoms with Crippen LogP contribution < -0.4 is 10.1 Å². The van der Waals surface area contributed by atoms with E-state index in [-0.39, 0.29) is 24.5 Å². The molecule has 6 heteroatoms. The van der Waals surface area contributed by atoms with Gasteiger partial charge >= 0.3 is 0 Å². The van der Waals surface area contributed by atoms with Crippen LogP contribution in [0, 0.1) is 17.2 Å². The SMILES string of the molecule is N#CC1CCN(Cc2ccc(OCC(=O)NC[C@H]3CCCO3)cc2)CC1. The molecule has 2 saturated heterocycles. The van der Waals surface area contributed by atoms with Crippen molar-refractivity contribution in [3.8, 4) is 11.8 Å². The molecule has 2 aliphatic rings. The van der Waals surface area contributed by atoms with Gasteiger partial charge in [-0.2, -0.15) is 5.26 Å². The van der Waals surface area contributed by atoms with Gasteiger partial charge in [0, 0.05) is 25.6 Å². The summed E-state index contributed by atoms with van der Waals surface area (Å²) in [7, 11) is 0. The Bertz CT molecular complexity index is 612. The van der Waals surface area contributed by atoms with Crippen molar-refractivity contribution in [2.24, 2.45) is 5.92 Å². The van der Waals surface area contributed by atoms with Crippen LogP contribution in [0.4, 0.5) is 0 Å². The van der Waals surface area contributed by atoms with E-state index in [1.54, 1.807) is 0 Å². The van der Waals surface area contributed by atoms with E-state index in [0.717, 1.165) is 51.9 Å². The highest BCUT2D eigenvalue weighted by molar-refractivity contribution is 5.77. The molecule has 0 radical (unpaired) electrons. The van der Waals surface area contributed by atoms with E-state index in [9.17, 15) is 4.79 Å². The molecule has 26 heavy (non-hydrogen) atoms. The first-order chi connectivity index (χ1) is 12.7. The highest BCUT2D eigenvalue weighted by Gasteiger charge is 2.19. The molecule has 2 fully saturated rings. The second-order valence-electron chi connectivity index (χ2n) is 7.05. The van der Waals surface area contributed by atoms with Gasteiger partial charge in [-0.15, -0.1) is 0 Å². The minimum absolute atomic E-state index is 0.0216. The summed E-state index contributed by atoms with van der Waals surface area (Å²) in [6.07, 6.45) is 4.14. The Morgan fingerprint density at radius 1 is 1.27 bits per heavy atom. The number of carbonyl (C=O) groups is 1. The zero-order valence-electron chi connectivity index (χ0n) is 15.2. The molecule has 1 atom stereocenters. The fraction of sp³-hybridized carbons (Fsp3) is 0.600. The number of ether oxygens (including phenoxy) is 2. The lowest BCUT2D eigenvalue weighted by molar-refractivity contribution is -0.123. The lowest BCUT2D eigenvalue weighted by Crippen LogP contribution is -2.35. The van der Waals surface area contributed by atoms with Crippen LogP contribution in [0.2, 0.25) is 0 Å². The molecular weight excluding hydrogens is 330 g/mol. The molecule has 1 aromatic carbocycles. The molecule has 2 heterocycles. The fourth-order valence-electron chi connectivity index (χ4n) is 3.40. The van der Waals surface area contributed by atoms with Crippen molar-refractivity contribution in [1.29, 1.82) is 5.26 Å². The van der Waals surface area contributed by atoms with Crippen LogP contribution >= 0.6 is 0 Å². The normalized spacial score (nSPS) is 21.3. The van der Waals surface area contributed by atoms with E-state index in [4.69, 9.17) is 14.7 Å². The summed E-state index contributed by atoms with van der Waals surface area (Å²) >= 11 is 0. The maximum Gasteiger partial charge on any atom is 0.258 e. The molecule has 6 nitrogen and oxygen atoms in total. The van der Waals surface area contributed by atoms with Crippen molar-refractivity contribution in [2.45, 2.75) is 38.3 Å². The Labute approximate surface area is 155 Å². The van der Waals surface area contributed by atoms with Gasteiger partial charge in [0.15, 0.2) is 6.61 Å². The highest BCUT2D eigenvalue weighted by Crippen LogP contribution is 2.19. The largest absolute Gasteiger partial charge is 0.484 e. The lowest BCUT2D eigenvalue weighted by Gasteiger charge is -2.29. The summed E-state index contributed by atoms with van der Waals surface area (Å²) in [6.45, 7) is 4.21. The molecule has 1 amide bonds. The molecule has 0 unspecified atom stereocenters. The van der Waals surface area contributed by atoms with E-state index in [0.29, 0.717) is 12.3 Å². The highest BCUT2D eigenvalue weighted by atomic mass is 16.5. The second kappa shape index (κ2) is 9.56. The minimum atomic E-state index is -0.120. The summed E-state index contributed by atoms with van der Waals surface area (Å²) in [5, 5.41) is 11.8. The van der Waals surface area contributed by atoms with Crippen molar-refractivity contribution >= 4 is 5.91 Å². The number of nitriles is 1. The summed E-state index contributed by atoms with van der Waals surface area (Å²) < 4.78 is 11.0. The van der Waals surface area contributed by atoms with E-state index in [1.807, 2.05) is 24.3 Å². The Morgan fingerprint density at radius 3 is 2.69 bits per heavy atom. The van der Waals surface area contributed by atoms with Crippen LogP contribution in [0.5, 0.6) is 5.75 Å². The molecule has 1 N–H and O–H groups in total. The number of piperidine rings is 1. The van der Waals surface area contributed by atoms with Crippen molar-refractivity contribution in [2.75, 3.05) is 32.8 Å². The maximum atomic E-state index is 11.8. The monoisotopic (exact) mass is 357 g/mol. The third-order valence-corrected chi connectivity index (χ3v) is 5.02. The van der Waals surface area contributed by atoms with Gasteiger partial charge in [-0.25, -0.2) is 0 Å². The van der Waals surface area contributed by atoms with E-state index in [2.05, 4.69) is 16.3 Å². The fourth-order valence-corrected chi connectivity index (χ4v) is 3.40. The zero-order valence-corrected chi connectivity index (χ0v) is 15.2. The standard InChI is InChI=1S/C20H27N3O3/c21-12-16-7-9-23(10-8-16)14-17-3-5-18(6-4-17)26-15-20(24)22-13-19-2-1-11-25-19/h3-6,16,19H,1-2,7-11,13-15H2,(H,22,24)/t19-/m1/s1. The third-order valence-electron chi connectivity index (χ3n) is 5.02. The predicted octanol–water partition coefficient (Wildman–Crippen LogP) is 2.10. The summed E-state index contributed by atoms with van der Waals surface area (Å²) in [6, 6.07) is 10.3. The number of hydrogen-bond donors (Lipinski definition) is 1. The molecule has 140 valence electrons.